The first-order valence-corrected chi connectivity index (χ1v) is 8.86. The van der Waals surface area contributed by atoms with Crippen LogP contribution in [0.5, 0.6) is 0 Å². The van der Waals surface area contributed by atoms with Crippen molar-refractivity contribution >= 4 is 17.4 Å². The van der Waals surface area contributed by atoms with Gasteiger partial charge in [-0.15, -0.1) is 11.3 Å². The van der Waals surface area contributed by atoms with E-state index in [1.165, 1.54) is 35.4 Å². The molecule has 0 spiro atoms. The summed E-state index contributed by atoms with van der Waals surface area (Å²) in [5, 5.41) is 3.05. The summed E-state index contributed by atoms with van der Waals surface area (Å²) in [5.74, 6) is 0. The van der Waals surface area contributed by atoms with Crippen LogP contribution in [-0.4, -0.2) is 48.1 Å². The monoisotopic (exact) mass is 307 g/mol. The van der Waals surface area contributed by atoms with Crippen LogP contribution in [0.15, 0.2) is 12.1 Å². The number of nitrogens with one attached hydrogen (secondary N) is 1. The van der Waals surface area contributed by atoms with Crippen molar-refractivity contribution in [1.82, 2.24) is 15.1 Å². The number of thiophene rings is 1. The summed E-state index contributed by atoms with van der Waals surface area (Å²) in [6, 6.07) is 5.07. The summed E-state index contributed by atoms with van der Waals surface area (Å²) in [5.41, 5.74) is 0. The molecule has 1 saturated heterocycles. The van der Waals surface area contributed by atoms with E-state index >= 15 is 0 Å². The molecule has 2 aliphatic rings. The molecule has 2 heterocycles. The third-order valence-electron chi connectivity index (χ3n) is 4.65. The minimum Gasteiger partial charge on any atom is -0.333 e. The average molecular weight is 307 g/mol. The third-order valence-corrected chi connectivity index (χ3v) is 5.65. The van der Waals surface area contributed by atoms with Crippen LogP contribution >= 0.6 is 11.3 Å². The second-order valence-corrected chi connectivity index (χ2v) is 7.50. The Morgan fingerprint density at radius 3 is 2.57 bits per heavy atom. The number of aryl methyl sites for hydroxylation is 1. The number of amides is 2. The molecule has 3 rings (SSSR count). The number of hydrogen-bond donors (Lipinski definition) is 1. The summed E-state index contributed by atoms with van der Waals surface area (Å²) < 4.78 is 0. The first-order chi connectivity index (χ1) is 10.2. The zero-order valence-corrected chi connectivity index (χ0v) is 13.6. The Morgan fingerprint density at radius 2 is 1.95 bits per heavy atom. The number of piperazine rings is 1. The molecule has 0 atom stereocenters. The van der Waals surface area contributed by atoms with E-state index in [1.54, 1.807) is 11.3 Å². The molecule has 0 radical (unpaired) electrons. The Balaban J connectivity index is 1.42. The van der Waals surface area contributed by atoms with Crippen molar-refractivity contribution in [3.05, 3.63) is 21.9 Å². The lowest BCUT2D eigenvalue weighted by Crippen LogP contribution is -2.53. The quantitative estimate of drug-likeness (QED) is 0.932. The molecule has 1 aromatic rings. The van der Waals surface area contributed by atoms with Gasteiger partial charge in [-0.2, -0.15) is 0 Å². The Kier molecular flexibility index (Phi) is 4.80. The zero-order valence-electron chi connectivity index (χ0n) is 12.8. The second-order valence-electron chi connectivity index (χ2n) is 6.13. The largest absolute Gasteiger partial charge is 0.333 e. The van der Waals surface area contributed by atoms with Crippen LogP contribution in [-0.2, 0) is 6.54 Å². The van der Waals surface area contributed by atoms with Crippen molar-refractivity contribution < 1.29 is 4.79 Å². The Labute approximate surface area is 131 Å². The zero-order chi connectivity index (χ0) is 14.7. The van der Waals surface area contributed by atoms with Crippen LogP contribution < -0.4 is 5.32 Å². The van der Waals surface area contributed by atoms with Gasteiger partial charge in [0.15, 0.2) is 0 Å². The van der Waals surface area contributed by atoms with Crippen LogP contribution in [0.3, 0.4) is 0 Å². The number of urea groups is 1. The molecule has 0 bridgehead atoms. The lowest BCUT2D eigenvalue weighted by molar-refractivity contribution is 0.109. The van der Waals surface area contributed by atoms with Crippen molar-refractivity contribution in [2.75, 3.05) is 26.2 Å². The highest BCUT2D eigenvalue weighted by molar-refractivity contribution is 7.11. The van der Waals surface area contributed by atoms with E-state index in [1.807, 2.05) is 4.90 Å². The Morgan fingerprint density at radius 1 is 1.24 bits per heavy atom. The van der Waals surface area contributed by atoms with Crippen molar-refractivity contribution in [2.24, 2.45) is 0 Å². The maximum Gasteiger partial charge on any atom is 0.317 e. The van der Waals surface area contributed by atoms with Gasteiger partial charge in [0, 0.05) is 42.0 Å². The van der Waals surface area contributed by atoms with E-state index in [0.29, 0.717) is 6.54 Å². The van der Waals surface area contributed by atoms with Crippen molar-refractivity contribution in [1.29, 1.82) is 0 Å². The highest BCUT2D eigenvalue weighted by Gasteiger charge is 2.27. The molecule has 21 heavy (non-hydrogen) atoms. The summed E-state index contributed by atoms with van der Waals surface area (Å²) in [6.07, 6.45) is 5.46. The van der Waals surface area contributed by atoms with Crippen LogP contribution in [0.4, 0.5) is 4.79 Å². The van der Waals surface area contributed by atoms with Crippen LogP contribution in [0.1, 0.15) is 35.4 Å². The molecule has 116 valence electrons. The van der Waals surface area contributed by atoms with Gasteiger partial charge in [0.05, 0.1) is 6.54 Å². The van der Waals surface area contributed by atoms with Crippen molar-refractivity contribution in [3.8, 4) is 0 Å². The van der Waals surface area contributed by atoms with Gasteiger partial charge in [0.1, 0.15) is 0 Å². The van der Waals surface area contributed by atoms with Gasteiger partial charge >= 0.3 is 6.03 Å². The number of rotatable bonds is 3. The molecule has 1 saturated carbocycles. The van der Waals surface area contributed by atoms with Crippen LogP contribution in [0.2, 0.25) is 0 Å². The molecular formula is C16H25N3OS. The van der Waals surface area contributed by atoms with Crippen molar-refractivity contribution in [3.63, 3.8) is 0 Å². The molecule has 1 aliphatic heterocycles. The molecule has 2 amide bonds. The van der Waals surface area contributed by atoms with E-state index in [9.17, 15) is 4.79 Å². The minimum absolute atomic E-state index is 0.0899. The van der Waals surface area contributed by atoms with Crippen LogP contribution in [0.25, 0.3) is 0 Å². The molecule has 1 aliphatic carbocycles. The molecule has 5 heteroatoms. The van der Waals surface area contributed by atoms with Gasteiger partial charge < -0.3 is 10.2 Å². The van der Waals surface area contributed by atoms with Gasteiger partial charge in [-0.25, -0.2) is 4.79 Å². The fourth-order valence-electron chi connectivity index (χ4n) is 3.41. The number of carbonyl (C=O) groups excluding carboxylic acids is 1. The topological polar surface area (TPSA) is 35.6 Å². The van der Waals surface area contributed by atoms with Crippen molar-refractivity contribution in [2.45, 2.75) is 45.2 Å². The molecule has 1 aromatic heterocycles. The molecular weight excluding hydrogens is 282 g/mol. The summed E-state index contributed by atoms with van der Waals surface area (Å²) in [7, 11) is 0. The maximum absolute atomic E-state index is 12.2. The maximum atomic E-state index is 12.2. The third kappa shape index (κ3) is 3.77. The van der Waals surface area contributed by atoms with Gasteiger partial charge in [0.25, 0.3) is 0 Å². The van der Waals surface area contributed by atoms with E-state index in [4.69, 9.17) is 0 Å². The predicted molar refractivity (Wildman–Crippen MR) is 86.7 cm³/mol. The molecule has 2 fully saturated rings. The summed E-state index contributed by atoms with van der Waals surface area (Å²) in [4.78, 5) is 19.3. The minimum atomic E-state index is 0.0899. The Hall–Kier alpha value is -1.07. The molecule has 0 aromatic carbocycles. The lowest BCUT2D eigenvalue weighted by atomic mass is 10.2. The predicted octanol–water partition coefficient (Wildman–Crippen LogP) is 2.83. The first-order valence-electron chi connectivity index (χ1n) is 8.04. The van der Waals surface area contributed by atoms with E-state index in [-0.39, 0.29) is 6.03 Å². The average Bonchev–Trinajstić information content (AvgIpc) is 3.16. The van der Waals surface area contributed by atoms with E-state index in [0.717, 1.165) is 32.2 Å². The number of nitrogens with zero attached hydrogens (tertiary/aromatic N) is 2. The van der Waals surface area contributed by atoms with Gasteiger partial charge in [-0.1, -0.05) is 12.8 Å². The number of hydrogen-bond acceptors (Lipinski definition) is 3. The standard InChI is InChI=1S/C16H25N3OS/c1-13-6-7-15(21-13)12-17-16(20)19-10-8-18(9-11-19)14-4-2-3-5-14/h6-7,14H,2-5,8-12H2,1H3,(H,17,20). The molecule has 4 nitrogen and oxygen atoms in total. The highest BCUT2D eigenvalue weighted by Crippen LogP contribution is 2.24. The lowest BCUT2D eigenvalue weighted by Gasteiger charge is -2.38. The first kappa shape index (κ1) is 14.9. The normalized spacial score (nSPS) is 20.9. The van der Waals surface area contributed by atoms with Gasteiger partial charge in [0.2, 0.25) is 0 Å². The Bertz CT molecular complexity index is 474. The van der Waals surface area contributed by atoms with Gasteiger partial charge in [-0.3, -0.25) is 4.90 Å². The summed E-state index contributed by atoms with van der Waals surface area (Å²) >= 11 is 1.75. The van der Waals surface area contributed by atoms with Crippen LogP contribution in [0, 0.1) is 6.92 Å². The van der Waals surface area contributed by atoms with E-state index in [2.05, 4.69) is 29.3 Å². The summed E-state index contributed by atoms with van der Waals surface area (Å²) in [6.45, 7) is 6.56. The fraction of sp³-hybridized carbons (Fsp3) is 0.688. The SMILES string of the molecule is Cc1ccc(CNC(=O)N2CCN(C3CCCC3)CC2)s1. The molecule has 1 N–H and O–H groups in total. The fourth-order valence-corrected chi connectivity index (χ4v) is 4.24. The smallest absolute Gasteiger partial charge is 0.317 e. The molecule has 0 unspecified atom stereocenters. The van der Waals surface area contributed by atoms with Gasteiger partial charge in [-0.05, 0) is 31.9 Å². The second kappa shape index (κ2) is 6.79. The highest BCUT2D eigenvalue weighted by atomic mass is 32.1. The number of carbonyl (C=O) groups is 1. The van der Waals surface area contributed by atoms with E-state index < -0.39 is 0 Å².